The van der Waals surface area contributed by atoms with Crippen molar-refractivity contribution >= 4 is 5.91 Å². The van der Waals surface area contributed by atoms with Gasteiger partial charge in [-0.1, -0.05) is 13.8 Å². The van der Waals surface area contributed by atoms with Crippen molar-refractivity contribution in [1.29, 1.82) is 5.26 Å². The third-order valence-corrected chi connectivity index (χ3v) is 2.92. The molecule has 1 rings (SSSR count). The van der Waals surface area contributed by atoms with Crippen molar-refractivity contribution in [1.82, 2.24) is 10.3 Å². The molecule has 2 N–H and O–H groups in total. The lowest BCUT2D eigenvalue weighted by Gasteiger charge is -2.25. The normalized spacial score (nSPS) is 13.7. The summed E-state index contributed by atoms with van der Waals surface area (Å²) in [5, 5.41) is 21.6. The summed E-state index contributed by atoms with van der Waals surface area (Å²) in [5.74, 6) is -0.00111. The summed E-state index contributed by atoms with van der Waals surface area (Å²) in [7, 11) is 0. The molecule has 1 atom stereocenters. The molecule has 0 spiro atoms. The highest BCUT2D eigenvalue weighted by atomic mass is 16.3. The number of nitrogens with one attached hydrogen (secondary N) is 1. The number of carbonyl (C=O) groups is 1. The molecule has 1 amide bonds. The molecule has 5 heteroatoms. The van der Waals surface area contributed by atoms with Gasteiger partial charge in [-0.15, -0.1) is 0 Å². The van der Waals surface area contributed by atoms with Crippen LogP contribution in [0.4, 0.5) is 0 Å². The number of pyridine rings is 1. The second kappa shape index (κ2) is 6.49. The molecule has 1 aromatic rings. The van der Waals surface area contributed by atoms with Gasteiger partial charge < -0.3 is 10.4 Å². The van der Waals surface area contributed by atoms with Crippen LogP contribution in [0.3, 0.4) is 0 Å². The highest BCUT2D eigenvalue weighted by Gasteiger charge is 2.23. The number of aliphatic hydroxyl groups is 1. The number of nitriles is 1. The minimum absolute atomic E-state index is 0.171. The van der Waals surface area contributed by atoms with Crippen molar-refractivity contribution in [2.75, 3.05) is 6.54 Å². The second-order valence-corrected chi connectivity index (χ2v) is 5.72. The maximum absolute atomic E-state index is 12.0. The fraction of sp³-hybridized carbons (Fsp3) is 0.533. The molecule has 108 valence electrons. The fourth-order valence-electron chi connectivity index (χ4n) is 2.12. The van der Waals surface area contributed by atoms with Gasteiger partial charge in [0, 0.05) is 6.54 Å². The molecule has 0 bridgehead atoms. The molecule has 0 fully saturated rings. The van der Waals surface area contributed by atoms with E-state index >= 15 is 0 Å². The molecule has 5 nitrogen and oxygen atoms in total. The monoisotopic (exact) mass is 275 g/mol. The molecule has 0 saturated heterocycles. The van der Waals surface area contributed by atoms with E-state index < -0.39 is 5.60 Å². The molecule has 0 radical (unpaired) electrons. The van der Waals surface area contributed by atoms with Crippen LogP contribution in [0.5, 0.6) is 0 Å². The molecule has 0 aliphatic rings. The quantitative estimate of drug-likeness (QED) is 0.857. The average Bonchev–Trinajstić information content (AvgIpc) is 2.34. The van der Waals surface area contributed by atoms with Crippen molar-refractivity contribution in [3.8, 4) is 6.07 Å². The van der Waals surface area contributed by atoms with Gasteiger partial charge >= 0.3 is 0 Å². The molecule has 0 saturated carbocycles. The van der Waals surface area contributed by atoms with E-state index in [1.54, 1.807) is 19.9 Å². The maximum Gasteiger partial charge on any atom is 0.269 e. The van der Waals surface area contributed by atoms with E-state index in [1.165, 1.54) is 6.07 Å². The Kier molecular flexibility index (Phi) is 5.23. The van der Waals surface area contributed by atoms with Crippen LogP contribution in [0.1, 0.15) is 48.9 Å². The van der Waals surface area contributed by atoms with E-state index in [-0.39, 0.29) is 18.1 Å². The van der Waals surface area contributed by atoms with Crippen LogP contribution >= 0.6 is 0 Å². The first-order chi connectivity index (χ1) is 9.25. The van der Waals surface area contributed by atoms with Gasteiger partial charge in [-0.25, -0.2) is 4.98 Å². The molecular formula is C15H21N3O2. The summed E-state index contributed by atoms with van der Waals surface area (Å²) in [6.07, 6.45) is 0.604. The lowest BCUT2D eigenvalue weighted by atomic mass is 9.94. The summed E-state index contributed by atoms with van der Waals surface area (Å²) < 4.78 is 0. The summed E-state index contributed by atoms with van der Waals surface area (Å²) in [6, 6.07) is 5.09. The van der Waals surface area contributed by atoms with Gasteiger partial charge in [0.1, 0.15) is 11.8 Å². The van der Waals surface area contributed by atoms with E-state index in [1.807, 2.05) is 19.9 Å². The number of hydrogen-bond donors (Lipinski definition) is 2. The number of carbonyl (C=O) groups excluding carboxylic acids is 1. The number of hydrogen-bond acceptors (Lipinski definition) is 4. The minimum Gasteiger partial charge on any atom is -0.388 e. The first-order valence-corrected chi connectivity index (χ1v) is 6.63. The molecular weight excluding hydrogens is 254 g/mol. The lowest BCUT2D eigenvalue weighted by Crippen LogP contribution is -2.41. The SMILES string of the molecule is Cc1nc(C(=O)NCC(C)(O)CC(C)C)ccc1C#N. The first kappa shape index (κ1) is 16.1. The highest BCUT2D eigenvalue weighted by molar-refractivity contribution is 5.92. The van der Waals surface area contributed by atoms with Crippen molar-refractivity contribution in [2.45, 2.75) is 39.7 Å². The van der Waals surface area contributed by atoms with Crippen molar-refractivity contribution in [3.05, 3.63) is 29.1 Å². The maximum atomic E-state index is 12.0. The van der Waals surface area contributed by atoms with Gasteiger partial charge in [-0.05, 0) is 38.3 Å². The fourth-order valence-corrected chi connectivity index (χ4v) is 2.12. The van der Waals surface area contributed by atoms with Gasteiger partial charge in [0.15, 0.2) is 0 Å². The Bertz CT molecular complexity index is 530. The third kappa shape index (κ3) is 4.63. The molecule has 1 unspecified atom stereocenters. The van der Waals surface area contributed by atoms with Crippen LogP contribution in [0.2, 0.25) is 0 Å². The summed E-state index contributed by atoms with van der Waals surface area (Å²) in [6.45, 7) is 7.59. The van der Waals surface area contributed by atoms with E-state index in [0.717, 1.165) is 0 Å². The Balaban J connectivity index is 2.68. The van der Waals surface area contributed by atoms with Gasteiger partial charge in [-0.2, -0.15) is 5.26 Å². The standard InChI is InChI=1S/C15H21N3O2/c1-10(2)7-15(4,20)9-17-14(19)13-6-5-12(8-16)11(3)18-13/h5-6,10,20H,7,9H2,1-4H3,(H,17,19). The third-order valence-electron chi connectivity index (χ3n) is 2.92. The van der Waals surface area contributed by atoms with E-state index in [2.05, 4.69) is 10.3 Å². The Labute approximate surface area is 119 Å². The first-order valence-electron chi connectivity index (χ1n) is 6.63. The van der Waals surface area contributed by atoms with Gasteiger partial charge in [-0.3, -0.25) is 4.79 Å². The number of nitrogens with zero attached hydrogens (tertiary/aromatic N) is 2. The van der Waals surface area contributed by atoms with Crippen LogP contribution in [-0.4, -0.2) is 28.1 Å². The summed E-state index contributed by atoms with van der Waals surface area (Å²) in [4.78, 5) is 16.1. The Hall–Kier alpha value is -1.93. The van der Waals surface area contributed by atoms with E-state index in [9.17, 15) is 9.90 Å². The minimum atomic E-state index is -0.939. The largest absolute Gasteiger partial charge is 0.388 e. The number of rotatable bonds is 5. The van der Waals surface area contributed by atoms with Crippen LogP contribution in [-0.2, 0) is 0 Å². The molecule has 0 aromatic carbocycles. The number of amides is 1. The van der Waals surface area contributed by atoms with Crippen molar-refractivity contribution < 1.29 is 9.90 Å². The van der Waals surface area contributed by atoms with Crippen LogP contribution in [0.15, 0.2) is 12.1 Å². The smallest absolute Gasteiger partial charge is 0.269 e. The predicted octanol–water partition coefficient (Wildman–Crippen LogP) is 1.79. The molecule has 0 aliphatic carbocycles. The van der Waals surface area contributed by atoms with E-state index in [4.69, 9.17) is 5.26 Å². The predicted molar refractivity (Wildman–Crippen MR) is 76.1 cm³/mol. The van der Waals surface area contributed by atoms with Gasteiger partial charge in [0.2, 0.25) is 0 Å². The van der Waals surface area contributed by atoms with Crippen LogP contribution in [0.25, 0.3) is 0 Å². The van der Waals surface area contributed by atoms with Crippen molar-refractivity contribution in [2.24, 2.45) is 5.92 Å². The molecule has 0 aliphatic heterocycles. The number of aryl methyl sites for hydroxylation is 1. The zero-order valence-corrected chi connectivity index (χ0v) is 12.4. The zero-order valence-electron chi connectivity index (χ0n) is 12.4. The topological polar surface area (TPSA) is 86.0 Å². The lowest BCUT2D eigenvalue weighted by molar-refractivity contribution is 0.0367. The second-order valence-electron chi connectivity index (χ2n) is 5.72. The van der Waals surface area contributed by atoms with Crippen LogP contribution in [0, 0.1) is 24.2 Å². The molecule has 1 heterocycles. The van der Waals surface area contributed by atoms with Crippen LogP contribution < -0.4 is 5.32 Å². The van der Waals surface area contributed by atoms with Gasteiger partial charge in [0.25, 0.3) is 5.91 Å². The molecule has 1 aromatic heterocycles. The highest BCUT2D eigenvalue weighted by Crippen LogP contribution is 2.15. The Morgan fingerprint density at radius 2 is 2.20 bits per heavy atom. The van der Waals surface area contributed by atoms with Crippen molar-refractivity contribution in [3.63, 3.8) is 0 Å². The number of aromatic nitrogens is 1. The molecule has 20 heavy (non-hydrogen) atoms. The van der Waals surface area contributed by atoms with Gasteiger partial charge in [0.05, 0.1) is 16.9 Å². The summed E-state index contributed by atoms with van der Waals surface area (Å²) in [5.41, 5.74) is 0.287. The summed E-state index contributed by atoms with van der Waals surface area (Å²) >= 11 is 0. The Morgan fingerprint density at radius 1 is 1.55 bits per heavy atom. The van der Waals surface area contributed by atoms with E-state index in [0.29, 0.717) is 23.6 Å². The Morgan fingerprint density at radius 3 is 2.70 bits per heavy atom. The average molecular weight is 275 g/mol. The zero-order chi connectivity index (χ0) is 15.3.